The molecule has 90 valence electrons. The van der Waals surface area contributed by atoms with Gasteiger partial charge < -0.3 is 10.2 Å². The molecule has 0 unspecified atom stereocenters. The molecule has 0 aromatic carbocycles. The molecule has 0 radical (unpaired) electrons. The summed E-state index contributed by atoms with van der Waals surface area (Å²) in [5, 5.41) is 13.5. The van der Waals surface area contributed by atoms with Gasteiger partial charge in [-0.25, -0.2) is 0 Å². The molecular formula is C11H20N4S. The summed E-state index contributed by atoms with van der Waals surface area (Å²) in [6.07, 6.45) is 2.52. The van der Waals surface area contributed by atoms with Crippen LogP contribution < -0.4 is 5.32 Å². The smallest absolute Gasteiger partial charge is 0.205 e. The summed E-state index contributed by atoms with van der Waals surface area (Å²) >= 11 is 1.63. The molecule has 1 aliphatic rings. The number of likely N-dealkylation sites (tertiary alicyclic amines) is 1. The summed E-state index contributed by atoms with van der Waals surface area (Å²) in [6, 6.07) is 0. The highest BCUT2D eigenvalue weighted by molar-refractivity contribution is 7.15. The van der Waals surface area contributed by atoms with Crippen LogP contribution in [-0.4, -0.2) is 41.8 Å². The zero-order valence-electron chi connectivity index (χ0n) is 10.3. The zero-order valence-corrected chi connectivity index (χ0v) is 11.1. The SMILES string of the molecule is Cc1nnc(NCC2(C)CCN(C)CC2)s1. The molecule has 0 atom stereocenters. The molecule has 0 amide bonds. The Morgan fingerprint density at radius 3 is 2.62 bits per heavy atom. The van der Waals surface area contributed by atoms with E-state index in [1.165, 1.54) is 25.9 Å². The normalized spacial score (nSPS) is 20.9. The van der Waals surface area contributed by atoms with Gasteiger partial charge in [0.15, 0.2) is 0 Å². The first-order valence-electron chi connectivity index (χ1n) is 5.80. The van der Waals surface area contributed by atoms with Crippen LogP contribution in [0.25, 0.3) is 0 Å². The van der Waals surface area contributed by atoms with Crippen LogP contribution in [0.5, 0.6) is 0 Å². The summed E-state index contributed by atoms with van der Waals surface area (Å²) in [6.45, 7) is 7.76. The predicted octanol–water partition coefficient (Wildman–Crippen LogP) is 1.99. The van der Waals surface area contributed by atoms with Crippen LogP contribution in [0.1, 0.15) is 24.8 Å². The van der Waals surface area contributed by atoms with E-state index in [9.17, 15) is 0 Å². The summed E-state index contributed by atoms with van der Waals surface area (Å²) < 4.78 is 0. The van der Waals surface area contributed by atoms with Crippen LogP contribution in [0.4, 0.5) is 5.13 Å². The second-order valence-electron chi connectivity index (χ2n) is 5.09. The van der Waals surface area contributed by atoms with Gasteiger partial charge in [0, 0.05) is 6.54 Å². The van der Waals surface area contributed by atoms with Gasteiger partial charge >= 0.3 is 0 Å². The third-order valence-corrected chi connectivity index (χ3v) is 4.18. The Hall–Kier alpha value is -0.680. The topological polar surface area (TPSA) is 41.1 Å². The van der Waals surface area contributed by atoms with E-state index < -0.39 is 0 Å². The van der Waals surface area contributed by atoms with Crippen molar-refractivity contribution in [3.05, 3.63) is 5.01 Å². The second kappa shape index (κ2) is 4.67. The maximum absolute atomic E-state index is 4.09. The van der Waals surface area contributed by atoms with Crippen LogP contribution in [0.2, 0.25) is 0 Å². The van der Waals surface area contributed by atoms with E-state index in [0.29, 0.717) is 5.41 Å². The minimum Gasteiger partial charge on any atom is -0.360 e. The number of nitrogens with zero attached hydrogens (tertiary/aromatic N) is 3. The lowest BCUT2D eigenvalue weighted by Crippen LogP contribution is -2.40. The van der Waals surface area contributed by atoms with Crippen molar-refractivity contribution < 1.29 is 0 Å². The van der Waals surface area contributed by atoms with Crippen molar-refractivity contribution in [2.45, 2.75) is 26.7 Å². The number of anilines is 1. The van der Waals surface area contributed by atoms with E-state index in [4.69, 9.17) is 0 Å². The average molecular weight is 240 g/mol. The summed E-state index contributed by atoms with van der Waals surface area (Å²) in [5.41, 5.74) is 0.409. The standard InChI is InChI=1S/C11H20N4S/c1-9-13-14-10(16-9)12-8-11(2)4-6-15(3)7-5-11/h4-8H2,1-3H3,(H,12,14). The largest absolute Gasteiger partial charge is 0.360 e. The first-order valence-corrected chi connectivity index (χ1v) is 6.62. The lowest BCUT2D eigenvalue weighted by atomic mass is 9.80. The maximum Gasteiger partial charge on any atom is 0.205 e. The van der Waals surface area contributed by atoms with Crippen LogP contribution in [0.3, 0.4) is 0 Å². The maximum atomic E-state index is 4.09. The Bertz CT molecular complexity index is 342. The fourth-order valence-electron chi connectivity index (χ4n) is 1.99. The molecule has 0 bridgehead atoms. The molecule has 1 aliphatic heterocycles. The van der Waals surface area contributed by atoms with Gasteiger partial charge in [-0.2, -0.15) is 0 Å². The van der Waals surface area contributed by atoms with Crippen LogP contribution in [0, 0.1) is 12.3 Å². The molecule has 0 aliphatic carbocycles. The van der Waals surface area contributed by atoms with Gasteiger partial charge in [-0.3, -0.25) is 0 Å². The fraction of sp³-hybridized carbons (Fsp3) is 0.818. The van der Waals surface area contributed by atoms with E-state index in [1.807, 2.05) is 6.92 Å². The number of aromatic nitrogens is 2. The Morgan fingerprint density at radius 2 is 2.06 bits per heavy atom. The number of piperidine rings is 1. The lowest BCUT2D eigenvalue weighted by molar-refractivity contribution is 0.150. The van der Waals surface area contributed by atoms with Gasteiger partial charge in [-0.05, 0) is 45.3 Å². The molecule has 1 aromatic heterocycles. The number of nitrogens with one attached hydrogen (secondary N) is 1. The van der Waals surface area contributed by atoms with E-state index in [1.54, 1.807) is 11.3 Å². The van der Waals surface area contributed by atoms with Gasteiger partial charge in [-0.15, -0.1) is 10.2 Å². The molecule has 1 saturated heterocycles. The number of rotatable bonds is 3. The third kappa shape index (κ3) is 2.92. The van der Waals surface area contributed by atoms with Gasteiger partial charge in [0.2, 0.25) is 5.13 Å². The summed E-state index contributed by atoms with van der Waals surface area (Å²) in [4.78, 5) is 2.40. The third-order valence-electron chi connectivity index (χ3n) is 3.39. The minimum atomic E-state index is 0.409. The predicted molar refractivity (Wildman–Crippen MR) is 68.0 cm³/mol. The highest BCUT2D eigenvalue weighted by Crippen LogP contribution is 2.30. The molecule has 1 fully saturated rings. The monoisotopic (exact) mass is 240 g/mol. The minimum absolute atomic E-state index is 0.409. The molecule has 16 heavy (non-hydrogen) atoms. The van der Waals surface area contributed by atoms with E-state index in [-0.39, 0.29) is 0 Å². The first-order chi connectivity index (χ1) is 7.57. The molecule has 2 rings (SSSR count). The number of hydrogen-bond acceptors (Lipinski definition) is 5. The molecule has 5 heteroatoms. The highest BCUT2D eigenvalue weighted by atomic mass is 32.1. The molecular weight excluding hydrogens is 220 g/mol. The van der Waals surface area contributed by atoms with Crippen LogP contribution in [-0.2, 0) is 0 Å². The highest BCUT2D eigenvalue weighted by Gasteiger charge is 2.28. The molecule has 2 heterocycles. The van der Waals surface area contributed by atoms with Crippen molar-refractivity contribution >= 4 is 16.5 Å². The molecule has 0 spiro atoms. The van der Waals surface area contributed by atoms with Crippen LogP contribution in [0.15, 0.2) is 0 Å². The van der Waals surface area contributed by atoms with Crippen LogP contribution >= 0.6 is 11.3 Å². The molecule has 4 nitrogen and oxygen atoms in total. The van der Waals surface area contributed by atoms with Crippen molar-refractivity contribution in [1.29, 1.82) is 0 Å². The Kier molecular flexibility index (Phi) is 3.44. The number of hydrogen-bond donors (Lipinski definition) is 1. The van der Waals surface area contributed by atoms with E-state index in [0.717, 1.165) is 16.7 Å². The van der Waals surface area contributed by atoms with Crippen molar-refractivity contribution in [2.24, 2.45) is 5.41 Å². The van der Waals surface area contributed by atoms with Crippen molar-refractivity contribution in [1.82, 2.24) is 15.1 Å². The Balaban J connectivity index is 1.85. The summed E-state index contributed by atoms with van der Waals surface area (Å²) in [5.74, 6) is 0. The van der Waals surface area contributed by atoms with Gasteiger partial charge in [0.1, 0.15) is 5.01 Å². The molecule has 1 N–H and O–H groups in total. The quantitative estimate of drug-likeness (QED) is 0.877. The Labute approximate surface area is 101 Å². The summed E-state index contributed by atoms with van der Waals surface area (Å²) in [7, 11) is 2.20. The number of aryl methyl sites for hydroxylation is 1. The molecule has 0 saturated carbocycles. The lowest BCUT2D eigenvalue weighted by Gasteiger charge is -2.37. The molecule has 1 aromatic rings. The van der Waals surface area contributed by atoms with Gasteiger partial charge in [0.05, 0.1) is 0 Å². The first kappa shape index (κ1) is 11.8. The van der Waals surface area contributed by atoms with Gasteiger partial charge in [-0.1, -0.05) is 18.3 Å². The Morgan fingerprint density at radius 1 is 1.38 bits per heavy atom. The van der Waals surface area contributed by atoms with Crippen molar-refractivity contribution in [2.75, 3.05) is 32.0 Å². The second-order valence-corrected chi connectivity index (χ2v) is 6.28. The van der Waals surface area contributed by atoms with Crippen molar-refractivity contribution in [3.8, 4) is 0 Å². The average Bonchev–Trinajstić information content (AvgIpc) is 2.67. The van der Waals surface area contributed by atoms with Gasteiger partial charge in [0.25, 0.3) is 0 Å². The van der Waals surface area contributed by atoms with E-state index in [2.05, 4.69) is 34.4 Å². The van der Waals surface area contributed by atoms with Crippen molar-refractivity contribution in [3.63, 3.8) is 0 Å². The zero-order chi connectivity index (χ0) is 11.6. The van der Waals surface area contributed by atoms with E-state index >= 15 is 0 Å². The fourth-order valence-corrected chi connectivity index (χ4v) is 2.58.